The third kappa shape index (κ3) is 5.08. The summed E-state index contributed by atoms with van der Waals surface area (Å²) in [5.41, 5.74) is 9.36. The first-order valence-electron chi connectivity index (χ1n) is 15.6. The van der Waals surface area contributed by atoms with Crippen molar-refractivity contribution in [2.45, 2.75) is 149 Å². The highest BCUT2D eigenvalue weighted by Crippen LogP contribution is 2.60. The summed E-state index contributed by atoms with van der Waals surface area (Å²) in [5.74, 6) is 0.861. The fourth-order valence-electron chi connectivity index (χ4n) is 7.07. The van der Waals surface area contributed by atoms with Gasteiger partial charge in [0.1, 0.15) is 6.10 Å². The smallest absolute Gasteiger partial charge is 0.192 e. The molecular weight excluding hydrogens is 494 g/mol. The van der Waals surface area contributed by atoms with Gasteiger partial charge in [-0.05, 0) is 77.8 Å². The van der Waals surface area contributed by atoms with Crippen LogP contribution in [0.15, 0.2) is 24.3 Å². The first kappa shape index (κ1) is 29.0. The zero-order valence-electron chi connectivity index (χ0n) is 26.6. The minimum Gasteiger partial charge on any atom is -0.410 e. The SMILES string of the molecule is CC(C)c1ccc([C@H]2OC3(CCCC3)c3c4c(nc(C(C)C)c32)CC(C)(C)CC4O[Si](C)(C)C(C)(C)C)cc1. The van der Waals surface area contributed by atoms with Crippen LogP contribution in [-0.4, -0.2) is 13.3 Å². The maximum Gasteiger partial charge on any atom is 0.192 e. The standard InChI is InChI=1S/C35H53NO2Si/c1-22(2)24-14-16-25(17-15-24)32-29-30(35(37-32)18-12-13-19-35)28-26(36-31(29)23(3)4)20-34(8,9)21-27(28)38-39(10,11)33(5,6)7/h14-17,22-23,27,32H,12-13,18-21H2,1-11H3/t27?,32-/m1/s1. The Hall–Kier alpha value is -1.49. The molecule has 2 atom stereocenters. The molecule has 2 aliphatic carbocycles. The number of rotatable bonds is 5. The van der Waals surface area contributed by atoms with Crippen LogP contribution in [-0.2, 0) is 21.2 Å². The summed E-state index contributed by atoms with van der Waals surface area (Å²) in [5, 5.41) is 0.158. The topological polar surface area (TPSA) is 31.4 Å². The van der Waals surface area contributed by atoms with Crippen molar-refractivity contribution in [3.05, 3.63) is 63.5 Å². The van der Waals surface area contributed by atoms with Crippen LogP contribution in [0.4, 0.5) is 0 Å². The number of fused-ring (bicyclic) bond motifs is 4. The number of hydrogen-bond acceptors (Lipinski definition) is 3. The van der Waals surface area contributed by atoms with Gasteiger partial charge in [0.2, 0.25) is 0 Å². The molecule has 2 aromatic rings. The zero-order valence-corrected chi connectivity index (χ0v) is 27.6. The summed E-state index contributed by atoms with van der Waals surface area (Å²) in [7, 11) is -2.01. The quantitative estimate of drug-likeness (QED) is 0.349. The molecular formula is C35H53NO2Si. The van der Waals surface area contributed by atoms with E-state index in [2.05, 4.69) is 99.7 Å². The lowest BCUT2D eigenvalue weighted by Crippen LogP contribution is -2.44. The van der Waals surface area contributed by atoms with Gasteiger partial charge in [-0.15, -0.1) is 0 Å². The van der Waals surface area contributed by atoms with Crippen molar-refractivity contribution < 1.29 is 9.16 Å². The molecule has 1 aromatic heterocycles. The minimum atomic E-state index is -2.01. The van der Waals surface area contributed by atoms with Crippen molar-refractivity contribution in [3.8, 4) is 0 Å². The van der Waals surface area contributed by atoms with Crippen molar-refractivity contribution >= 4 is 8.32 Å². The van der Waals surface area contributed by atoms with Crippen molar-refractivity contribution in [1.29, 1.82) is 0 Å². The average Bonchev–Trinajstić information content (AvgIpc) is 3.42. The van der Waals surface area contributed by atoms with Gasteiger partial charge in [0.25, 0.3) is 0 Å². The molecule has 1 fully saturated rings. The number of aromatic nitrogens is 1. The van der Waals surface area contributed by atoms with E-state index in [1.165, 1.54) is 52.0 Å². The second-order valence-electron chi connectivity index (χ2n) is 15.7. The molecule has 1 aromatic carbocycles. The molecule has 0 amide bonds. The molecule has 1 spiro atoms. The summed E-state index contributed by atoms with van der Waals surface area (Å²) < 4.78 is 14.7. The number of nitrogens with zero attached hydrogens (tertiary/aromatic N) is 1. The van der Waals surface area contributed by atoms with Crippen LogP contribution in [0, 0.1) is 5.41 Å². The highest BCUT2D eigenvalue weighted by Gasteiger charge is 2.54. The Balaban J connectivity index is 1.75. The van der Waals surface area contributed by atoms with Gasteiger partial charge in [-0.25, -0.2) is 0 Å². The Labute approximate surface area is 239 Å². The fourth-order valence-corrected chi connectivity index (χ4v) is 8.34. The van der Waals surface area contributed by atoms with Crippen molar-refractivity contribution in [3.63, 3.8) is 0 Å². The molecule has 0 radical (unpaired) electrons. The predicted octanol–water partition coefficient (Wildman–Crippen LogP) is 10.3. The Morgan fingerprint density at radius 1 is 0.949 bits per heavy atom. The van der Waals surface area contributed by atoms with Crippen LogP contribution in [0.5, 0.6) is 0 Å². The predicted molar refractivity (Wildman–Crippen MR) is 165 cm³/mol. The molecule has 1 aliphatic heterocycles. The van der Waals surface area contributed by atoms with Gasteiger partial charge in [-0.3, -0.25) is 4.98 Å². The molecule has 214 valence electrons. The van der Waals surface area contributed by atoms with Crippen molar-refractivity contribution in [2.24, 2.45) is 5.41 Å². The van der Waals surface area contributed by atoms with E-state index in [4.69, 9.17) is 14.1 Å². The van der Waals surface area contributed by atoms with Gasteiger partial charge in [0.15, 0.2) is 8.32 Å². The Bertz CT molecular complexity index is 1210. The summed E-state index contributed by atoms with van der Waals surface area (Å²) in [6.45, 7) is 25.9. The number of ether oxygens (including phenoxy) is 1. The van der Waals surface area contributed by atoms with E-state index in [9.17, 15) is 0 Å². The lowest BCUT2D eigenvalue weighted by molar-refractivity contribution is -0.0579. The number of pyridine rings is 1. The first-order valence-corrected chi connectivity index (χ1v) is 18.5. The van der Waals surface area contributed by atoms with Crippen LogP contribution >= 0.6 is 0 Å². The van der Waals surface area contributed by atoms with Gasteiger partial charge in [0, 0.05) is 22.5 Å². The van der Waals surface area contributed by atoms with Gasteiger partial charge in [-0.2, -0.15) is 0 Å². The Morgan fingerprint density at radius 3 is 2.10 bits per heavy atom. The summed E-state index contributed by atoms with van der Waals surface area (Å²) in [6, 6.07) is 9.23. The molecule has 4 heteroatoms. The monoisotopic (exact) mass is 547 g/mol. The van der Waals surface area contributed by atoms with E-state index in [0.717, 1.165) is 25.7 Å². The third-order valence-corrected chi connectivity index (χ3v) is 14.7. The Kier molecular flexibility index (Phi) is 7.30. The molecule has 5 rings (SSSR count). The van der Waals surface area contributed by atoms with Crippen LogP contribution in [0.1, 0.15) is 158 Å². The summed E-state index contributed by atoms with van der Waals surface area (Å²) in [4.78, 5) is 5.55. The van der Waals surface area contributed by atoms with Crippen LogP contribution in [0.2, 0.25) is 18.1 Å². The van der Waals surface area contributed by atoms with Crippen molar-refractivity contribution in [2.75, 3.05) is 0 Å². The maximum atomic E-state index is 7.36. The number of hydrogen-bond donors (Lipinski definition) is 0. The van der Waals surface area contributed by atoms with E-state index in [1.807, 2.05) is 0 Å². The highest BCUT2D eigenvalue weighted by atomic mass is 28.4. The van der Waals surface area contributed by atoms with E-state index >= 15 is 0 Å². The molecule has 1 saturated carbocycles. The molecule has 2 heterocycles. The molecule has 0 N–H and O–H groups in total. The maximum absolute atomic E-state index is 7.36. The second kappa shape index (κ2) is 9.81. The molecule has 1 unspecified atom stereocenters. The van der Waals surface area contributed by atoms with Crippen LogP contribution in [0.3, 0.4) is 0 Å². The van der Waals surface area contributed by atoms with Crippen molar-refractivity contribution in [1.82, 2.24) is 4.98 Å². The molecule has 39 heavy (non-hydrogen) atoms. The lowest BCUT2D eigenvalue weighted by Gasteiger charge is -2.45. The van der Waals surface area contributed by atoms with E-state index in [1.54, 1.807) is 0 Å². The summed E-state index contributed by atoms with van der Waals surface area (Å²) >= 11 is 0. The fraction of sp³-hybridized carbons (Fsp3) is 0.686. The van der Waals surface area contributed by atoms with Crippen LogP contribution < -0.4 is 0 Å². The van der Waals surface area contributed by atoms with Gasteiger partial charge in [-0.1, -0.05) is 99.4 Å². The van der Waals surface area contributed by atoms with Crippen LogP contribution in [0.25, 0.3) is 0 Å². The number of benzene rings is 1. The third-order valence-electron chi connectivity index (χ3n) is 10.3. The van der Waals surface area contributed by atoms with E-state index in [0.29, 0.717) is 11.8 Å². The highest BCUT2D eigenvalue weighted by molar-refractivity contribution is 6.74. The molecule has 0 saturated heterocycles. The minimum absolute atomic E-state index is 0.0574. The summed E-state index contributed by atoms with van der Waals surface area (Å²) in [6.07, 6.45) is 6.74. The molecule has 0 bridgehead atoms. The normalized spacial score (nSPS) is 24.0. The average molecular weight is 548 g/mol. The Morgan fingerprint density at radius 2 is 1.56 bits per heavy atom. The van der Waals surface area contributed by atoms with Gasteiger partial charge >= 0.3 is 0 Å². The zero-order chi connectivity index (χ0) is 28.5. The molecule has 3 aliphatic rings. The molecule has 3 nitrogen and oxygen atoms in total. The second-order valence-corrected chi connectivity index (χ2v) is 20.5. The van der Waals surface area contributed by atoms with E-state index < -0.39 is 8.32 Å². The van der Waals surface area contributed by atoms with E-state index in [-0.39, 0.29) is 28.3 Å². The van der Waals surface area contributed by atoms with Gasteiger partial charge in [0.05, 0.1) is 11.7 Å². The first-order chi connectivity index (χ1) is 18.1. The lowest BCUT2D eigenvalue weighted by atomic mass is 9.70. The largest absolute Gasteiger partial charge is 0.410 e. The van der Waals surface area contributed by atoms with Gasteiger partial charge < -0.3 is 9.16 Å².